The summed E-state index contributed by atoms with van der Waals surface area (Å²) >= 11 is 0. The van der Waals surface area contributed by atoms with Crippen molar-refractivity contribution in [3.63, 3.8) is 0 Å². The van der Waals surface area contributed by atoms with Gasteiger partial charge in [0.2, 0.25) is 15.8 Å². The maximum Gasteiger partial charge on any atom is 0.371 e. The SMILES string of the molecule is CS(=O)(=O)NCCCNC(=O)c1ccc(C(=O)O)o1. The Balaban J connectivity index is 2.33. The maximum absolute atomic E-state index is 11.5. The van der Waals surface area contributed by atoms with Crippen molar-refractivity contribution in [2.45, 2.75) is 6.42 Å². The lowest BCUT2D eigenvalue weighted by molar-refractivity contribution is 0.0659. The number of nitrogens with one attached hydrogen (secondary N) is 2. The van der Waals surface area contributed by atoms with Gasteiger partial charge in [-0.3, -0.25) is 4.79 Å². The first-order valence-electron chi connectivity index (χ1n) is 5.35. The molecule has 0 saturated carbocycles. The molecule has 1 amide bonds. The highest BCUT2D eigenvalue weighted by molar-refractivity contribution is 7.88. The lowest BCUT2D eigenvalue weighted by Gasteiger charge is -2.03. The Morgan fingerprint density at radius 2 is 1.89 bits per heavy atom. The second kappa shape index (κ2) is 6.34. The normalized spacial score (nSPS) is 11.2. The predicted molar refractivity (Wildman–Crippen MR) is 65.5 cm³/mol. The third-order valence-electron chi connectivity index (χ3n) is 2.04. The third-order valence-corrected chi connectivity index (χ3v) is 2.77. The first-order chi connectivity index (χ1) is 8.79. The molecule has 0 fully saturated rings. The molecule has 8 nitrogen and oxygen atoms in total. The molecule has 19 heavy (non-hydrogen) atoms. The van der Waals surface area contributed by atoms with Crippen LogP contribution in [0.3, 0.4) is 0 Å². The van der Waals surface area contributed by atoms with Gasteiger partial charge in [0, 0.05) is 13.1 Å². The van der Waals surface area contributed by atoms with Crippen molar-refractivity contribution in [3.8, 4) is 0 Å². The smallest absolute Gasteiger partial charge is 0.371 e. The van der Waals surface area contributed by atoms with Gasteiger partial charge in [0.25, 0.3) is 5.91 Å². The summed E-state index contributed by atoms with van der Waals surface area (Å²) in [6, 6.07) is 2.44. The van der Waals surface area contributed by atoms with E-state index in [1.54, 1.807) is 0 Å². The van der Waals surface area contributed by atoms with Gasteiger partial charge in [0.15, 0.2) is 5.76 Å². The molecule has 0 unspecified atom stereocenters. The quantitative estimate of drug-likeness (QED) is 0.589. The highest BCUT2D eigenvalue weighted by Crippen LogP contribution is 2.07. The number of carbonyl (C=O) groups excluding carboxylic acids is 1. The highest BCUT2D eigenvalue weighted by Gasteiger charge is 2.14. The summed E-state index contributed by atoms with van der Waals surface area (Å²) in [6.45, 7) is 0.447. The van der Waals surface area contributed by atoms with E-state index in [-0.39, 0.29) is 24.6 Å². The van der Waals surface area contributed by atoms with Crippen LogP contribution in [0.25, 0.3) is 0 Å². The summed E-state index contributed by atoms with van der Waals surface area (Å²) in [7, 11) is -3.23. The van der Waals surface area contributed by atoms with Crippen LogP contribution in [-0.4, -0.2) is 44.7 Å². The van der Waals surface area contributed by atoms with Gasteiger partial charge >= 0.3 is 5.97 Å². The Morgan fingerprint density at radius 1 is 1.26 bits per heavy atom. The van der Waals surface area contributed by atoms with Gasteiger partial charge < -0.3 is 14.8 Å². The second-order valence-electron chi connectivity index (χ2n) is 3.75. The highest BCUT2D eigenvalue weighted by atomic mass is 32.2. The van der Waals surface area contributed by atoms with E-state index in [9.17, 15) is 18.0 Å². The summed E-state index contributed by atoms with van der Waals surface area (Å²) in [5.74, 6) is -2.22. The van der Waals surface area contributed by atoms with Crippen LogP contribution in [0.4, 0.5) is 0 Å². The molecule has 0 aromatic carbocycles. The monoisotopic (exact) mass is 290 g/mol. The van der Waals surface area contributed by atoms with Gasteiger partial charge in [-0.2, -0.15) is 0 Å². The molecule has 1 aromatic heterocycles. The predicted octanol–water partition coefficient (Wildman–Crippen LogP) is -0.353. The maximum atomic E-state index is 11.5. The summed E-state index contributed by atoms with van der Waals surface area (Å²) in [4.78, 5) is 22.0. The van der Waals surface area contributed by atoms with Gasteiger partial charge in [-0.05, 0) is 18.6 Å². The zero-order valence-electron chi connectivity index (χ0n) is 10.2. The van der Waals surface area contributed by atoms with Crippen LogP contribution in [0.1, 0.15) is 27.5 Å². The van der Waals surface area contributed by atoms with Crippen molar-refractivity contribution in [1.82, 2.24) is 10.0 Å². The lowest BCUT2D eigenvalue weighted by atomic mass is 10.4. The fourth-order valence-corrected chi connectivity index (χ4v) is 1.72. The number of carboxylic acids is 1. The molecular weight excluding hydrogens is 276 g/mol. The molecular formula is C10H14N2O6S. The Labute approximate surface area is 109 Å². The number of hydrogen-bond acceptors (Lipinski definition) is 5. The van der Waals surface area contributed by atoms with E-state index in [4.69, 9.17) is 9.52 Å². The number of amides is 1. The topological polar surface area (TPSA) is 126 Å². The first-order valence-corrected chi connectivity index (χ1v) is 7.25. The number of carboxylic acid groups (broad SMARTS) is 1. The van der Waals surface area contributed by atoms with Gasteiger partial charge in [-0.15, -0.1) is 0 Å². The second-order valence-corrected chi connectivity index (χ2v) is 5.58. The fraction of sp³-hybridized carbons (Fsp3) is 0.400. The number of furan rings is 1. The largest absolute Gasteiger partial charge is 0.475 e. The van der Waals surface area contributed by atoms with E-state index in [1.165, 1.54) is 12.1 Å². The van der Waals surface area contributed by atoms with Gasteiger partial charge in [0.05, 0.1) is 6.26 Å². The first kappa shape index (κ1) is 15.2. The minimum Gasteiger partial charge on any atom is -0.475 e. The molecule has 3 N–H and O–H groups in total. The van der Waals surface area contributed by atoms with Crippen molar-refractivity contribution in [1.29, 1.82) is 0 Å². The zero-order valence-corrected chi connectivity index (χ0v) is 11.0. The van der Waals surface area contributed by atoms with E-state index in [0.717, 1.165) is 6.26 Å². The zero-order chi connectivity index (χ0) is 14.5. The number of aromatic carboxylic acids is 1. The molecule has 0 radical (unpaired) electrons. The van der Waals surface area contributed by atoms with Crippen molar-refractivity contribution < 1.29 is 27.5 Å². The third kappa shape index (κ3) is 5.53. The Kier molecular flexibility index (Phi) is 5.07. The van der Waals surface area contributed by atoms with Gasteiger partial charge in [-0.1, -0.05) is 0 Å². The number of hydrogen-bond donors (Lipinski definition) is 3. The van der Waals surface area contributed by atoms with Crippen molar-refractivity contribution >= 4 is 21.9 Å². The van der Waals surface area contributed by atoms with E-state index in [1.807, 2.05) is 0 Å². The molecule has 0 aliphatic carbocycles. The van der Waals surface area contributed by atoms with Crippen molar-refractivity contribution in [2.75, 3.05) is 19.3 Å². The summed E-state index contributed by atoms with van der Waals surface area (Å²) in [6.07, 6.45) is 1.45. The van der Waals surface area contributed by atoms with Crippen LogP contribution in [-0.2, 0) is 10.0 Å². The summed E-state index contributed by atoms with van der Waals surface area (Å²) < 4.78 is 28.6. The Hall–Kier alpha value is -1.87. The molecule has 0 aliphatic rings. The van der Waals surface area contributed by atoms with Crippen LogP contribution < -0.4 is 10.0 Å². The molecule has 0 aliphatic heterocycles. The van der Waals surface area contributed by atoms with E-state index in [2.05, 4.69) is 10.0 Å². The average Bonchev–Trinajstić information content (AvgIpc) is 2.76. The average molecular weight is 290 g/mol. The van der Waals surface area contributed by atoms with E-state index in [0.29, 0.717) is 6.42 Å². The van der Waals surface area contributed by atoms with Crippen LogP contribution in [0.2, 0.25) is 0 Å². The summed E-state index contributed by atoms with van der Waals surface area (Å²) in [5.41, 5.74) is 0. The van der Waals surface area contributed by atoms with Crippen LogP contribution in [0.15, 0.2) is 16.5 Å². The molecule has 0 spiro atoms. The van der Waals surface area contributed by atoms with E-state index >= 15 is 0 Å². The molecule has 9 heteroatoms. The Morgan fingerprint density at radius 3 is 2.42 bits per heavy atom. The molecule has 0 saturated heterocycles. The molecule has 0 atom stereocenters. The summed E-state index contributed by atoms with van der Waals surface area (Å²) in [5, 5.41) is 11.1. The van der Waals surface area contributed by atoms with Crippen LogP contribution >= 0.6 is 0 Å². The van der Waals surface area contributed by atoms with Crippen molar-refractivity contribution in [3.05, 3.63) is 23.7 Å². The Bertz CT molecular complexity index is 562. The van der Waals surface area contributed by atoms with Gasteiger partial charge in [0.1, 0.15) is 0 Å². The standard InChI is InChI=1S/C10H14N2O6S/c1-19(16,17)12-6-2-5-11-9(13)7-3-4-8(18-7)10(14)15/h3-4,12H,2,5-6H2,1H3,(H,11,13)(H,14,15). The van der Waals surface area contributed by atoms with Crippen LogP contribution in [0, 0.1) is 0 Å². The molecule has 1 heterocycles. The number of sulfonamides is 1. The van der Waals surface area contributed by atoms with Crippen LogP contribution in [0.5, 0.6) is 0 Å². The molecule has 1 aromatic rings. The van der Waals surface area contributed by atoms with Gasteiger partial charge in [-0.25, -0.2) is 17.9 Å². The van der Waals surface area contributed by atoms with Crippen molar-refractivity contribution in [2.24, 2.45) is 0 Å². The molecule has 1 rings (SSSR count). The minimum atomic E-state index is -3.23. The number of rotatable bonds is 7. The number of carbonyl (C=O) groups is 2. The fourth-order valence-electron chi connectivity index (χ4n) is 1.21. The molecule has 0 bridgehead atoms. The van der Waals surface area contributed by atoms with E-state index < -0.39 is 21.9 Å². The lowest BCUT2D eigenvalue weighted by Crippen LogP contribution is -2.29. The minimum absolute atomic E-state index is 0.103. The molecule has 106 valence electrons.